The third kappa shape index (κ3) is 2.67. The highest BCUT2D eigenvalue weighted by molar-refractivity contribution is 7.71. The van der Waals surface area contributed by atoms with Gasteiger partial charge in [0.05, 0.1) is 5.60 Å². The number of aromatic amines is 1. The van der Waals surface area contributed by atoms with E-state index in [1.807, 2.05) is 0 Å². The van der Waals surface area contributed by atoms with Gasteiger partial charge in [-0.2, -0.15) is 0 Å². The van der Waals surface area contributed by atoms with Crippen molar-refractivity contribution in [3.05, 3.63) is 34.7 Å². The van der Waals surface area contributed by atoms with Crippen molar-refractivity contribution < 1.29 is 13.9 Å². The molecule has 7 heteroatoms. The number of nitrogens with zero attached hydrogens (tertiary/aromatic N) is 1. The van der Waals surface area contributed by atoms with Gasteiger partial charge in [-0.25, -0.2) is 5.10 Å². The summed E-state index contributed by atoms with van der Waals surface area (Å²) < 4.78 is 10.9. The van der Waals surface area contributed by atoms with Crippen LogP contribution in [0.2, 0.25) is 0 Å². The van der Waals surface area contributed by atoms with Crippen LogP contribution in [0.15, 0.2) is 28.7 Å². The molecule has 3 rings (SSSR count). The van der Waals surface area contributed by atoms with E-state index in [2.05, 4.69) is 36.3 Å². The second-order valence-corrected chi connectivity index (χ2v) is 7.25. The lowest BCUT2D eigenvalue weighted by Gasteiger charge is -2.59. The summed E-state index contributed by atoms with van der Waals surface area (Å²) in [5.74, 6) is 0.309. The maximum atomic E-state index is 12.5. The number of rotatable bonds is 4. The number of amides is 1. The van der Waals surface area contributed by atoms with Crippen molar-refractivity contribution in [3.63, 3.8) is 0 Å². The standard InChI is InChI=1S/C17H21N3O3S/c1-16(2)12(9-17(16,3)22-4)18-13(21)10-5-7-11(8-6-10)14-19-20-15(24)23-14/h5-8,12H,9H2,1-4H3,(H,18,21)(H,20,24). The highest BCUT2D eigenvalue weighted by Crippen LogP contribution is 2.51. The highest BCUT2D eigenvalue weighted by atomic mass is 32.1. The number of aromatic nitrogens is 2. The first kappa shape index (κ1) is 16.9. The fraction of sp³-hybridized carbons (Fsp3) is 0.471. The van der Waals surface area contributed by atoms with Crippen LogP contribution in [-0.2, 0) is 4.74 Å². The van der Waals surface area contributed by atoms with E-state index in [1.54, 1.807) is 31.4 Å². The molecule has 2 aromatic rings. The summed E-state index contributed by atoms with van der Waals surface area (Å²) in [6, 6.07) is 7.15. The van der Waals surface area contributed by atoms with E-state index in [0.29, 0.717) is 11.5 Å². The van der Waals surface area contributed by atoms with Crippen molar-refractivity contribution in [2.45, 2.75) is 38.8 Å². The number of methoxy groups -OCH3 is 1. The maximum absolute atomic E-state index is 12.5. The van der Waals surface area contributed by atoms with Gasteiger partial charge in [0.2, 0.25) is 5.89 Å². The molecule has 0 bridgehead atoms. The van der Waals surface area contributed by atoms with Crippen LogP contribution in [0, 0.1) is 10.3 Å². The molecule has 1 heterocycles. The van der Waals surface area contributed by atoms with Gasteiger partial charge in [-0.15, -0.1) is 5.10 Å². The Bertz CT molecular complexity index is 809. The van der Waals surface area contributed by atoms with Crippen molar-refractivity contribution in [2.75, 3.05) is 7.11 Å². The van der Waals surface area contributed by atoms with E-state index in [0.717, 1.165) is 12.0 Å². The Labute approximate surface area is 145 Å². The van der Waals surface area contributed by atoms with E-state index in [9.17, 15) is 4.79 Å². The molecule has 0 saturated heterocycles. The van der Waals surface area contributed by atoms with Crippen LogP contribution < -0.4 is 5.32 Å². The van der Waals surface area contributed by atoms with Gasteiger partial charge in [0, 0.05) is 29.7 Å². The van der Waals surface area contributed by atoms with Crippen LogP contribution in [0.1, 0.15) is 37.6 Å². The van der Waals surface area contributed by atoms with Gasteiger partial charge in [0.1, 0.15) is 0 Å². The number of nitrogens with one attached hydrogen (secondary N) is 2. The van der Waals surface area contributed by atoms with E-state index in [-0.39, 0.29) is 27.8 Å². The average molecular weight is 347 g/mol. The molecule has 1 fully saturated rings. The van der Waals surface area contributed by atoms with Crippen LogP contribution in [0.5, 0.6) is 0 Å². The summed E-state index contributed by atoms with van der Waals surface area (Å²) in [5.41, 5.74) is 1.02. The summed E-state index contributed by atoms with van der Waals surface area (Å²) in [7, 11) is 1.72. The molecule has 128 valence electrons. The Morgan fingerprint density at radius 1 is 1.38 bits per heavy atom. The summed E-state index contributed by atoms with van der Waals surface area (Å²) in [6.07, 6.45) is 0.800. The molecule has 2 N–H and O–H groups in total. The van der Waals surface area contributed by atoms with Crippen molar-refractivity contribution in [1.29, 1.82) is 0 Å². The van der Waals surface area contributed by atoms with Crippen LogP contribution >= 0.6 is 12.2 Å². The molecular formula is C17H21N3O3S. The summed E-state index contributed by atoms with van der Waals surface area (Å²) in [5, 5.41) is 9.64. The third-order valence-electron chi connectivity index (χ3n) is 5.42. The fourth-order valence-electron chi connectivity index (χ4n) is 3.08. The predicted octanol–water partition coefficient (Wildman–Crippen LogP) is 3.33. The molecule has 1 aliphatic rings. The van der Waals surface area contributed by atoms with Gasteiger partial charge in [0.15, 0.2) is 0 Å². The van der Waals surface area contributed by atoms with Gasteiger partial charge < -0.3 is 14.5 Å². The second-order valence-electron chi connectivity index (χ2n) is 6.88. The molecule has 0 spiro atoms. The minimum Gasteiger partial charge on any atom is -0.409 e. The molecule has 6 nitrogen and oxygen atoms in total. The van der Waals surface area contributed by atoms with Gasteiger partial charge in [-0.1, -0.05) is 13.8 Å². The van der Waals surface area contributed by atoms with Crippen molar-refractivity contribution in [1.82, 2.24) is 15.5 Å². The Morgan fingerprint density at radius 2 is 2.04 bits per heavy atom. The lowest BCUT2D eigenvalue weighted by atomic mass is 9.56. The minimum absolute atomic E-state index is 0.0822. The van der Waals surface area contributed by atoms with E-state index in [4.69, 9.17) is 21.4 Å². The molecule has 0 aliphatic heterocycles. The molecule has 1 aliphatic carbocycles. The average Bonchev–Trinajstić information content (AvgIpc) is 3.00. The lowest BCUT2D eigenvalue weighted by molar-refractivity contribution is -0.177. The molecule has 1 saturated carbocycles. The summed E-state index contributed by atoms with van der Waals surface area (Å²) >= 11 is 4.86. The first-order valence-electron chi connectivity index (χ1n) is 7.79. The normalized spacial score (nSPS) is 25.1. The number of carbonyl (C=O) groups excluding carboxylic acids is 1. The number of hydrogen-bond acceptors (Lipinski definition) is 5. The smallest absolute Gasteiger partial charge is 0.284 e. The number of ether oxygens (including phenoxy) is 1. The Balaban J connectivity index is 1.69. The van der Waals surface area contributed by atoms with Gasteiger partial charge in [-0.05, 0) is 49.8 Å². The van der Waals surface area contributed by atoms with Crippen LogP contribution in [-0.4, -0.2) is 34.9 Å². The number of hydrogen-bond donors (Lipinski definition) is 2. The zero-order valence-corrected chi connectivity index (χ0v) is 15.0. The maximum Gasteiger partial charge on any atom is 0.284 e. The van der Waals surface area contributed by atoms with Gasteiger partial charge >= 0.3 is 0 Å². The quantitative estimate of drug-likeness (QED) is 0.829. The van der Waals surface area contributed by atoms with Crippen LogP contribution in [0.25, 0.3) is 11.5 Å². The molecule has 2 atom stereocenters. The molecule has 24 heavy (non-hydrogen) atoms. The molecule has 1 aromatic carbocycles. The molecule has 1 aromatic heterocycles. The fourth-order valence-corrected chi connectivity index (χ4v) is 3.21. The van der Waals surface area contributed by atoms with E-state index >= 15 is 0 Å². The molecular weight excluding hydrogens is 326 g/mol. The summed E-state index contributed by atoms with van der Waals surface area (Å²) in [4.78, 5) is 12.7. The van der Waals surface area contributed by atoms with Crippen LogP contribution in [0.4, 0.5) is 0 Å². The van der Waals surface area contributed by atoms with Crippen molar-refractivity contribution in [2.24, 2.45) is 5.41 Å². The first-order chi connectivity index (χ1) is 11.3. The second kappa shape index (κ2) is 5.82. The highest BCUT2D eigenvalue weighted by Gasteiger charge is 2.58. The number of carbonyl (C=O) groups is 1. The predicted molar refractivity (Wildman–Crippen MR) is 92.2 cm³/mol. The van der Waals surface area contributed by atoms with Crippen molar-refractivity contribution >= 4 is 18.1 Å². The van der Waals surface area contributed by atoms with Crippen molar-refractivity contribution in [3.8, 4) is 11.5 Å². The van der Waals surface area contributed by atoms with E-state index < -0.39 is 0 Å². The van der Waals surface area contributed by atoms with Crippen LogP contribution in [0.3, 0.4) is 0 Å². The topological polar surface area (TPSA) is 80.1 Å². The van der Waals surface area contributed by atoms with Gasteiger partial charge in [0.25, 0.3) is 10.7 Å². The van der Waals surface area contributed by atoms with Gasteiger partial charge in [-0.3, -0.25) is 4.79 Å². The zero-order valence-electron chi connectivity index (χ0n) is 14.2. The zero-order chi connectivity index (χ0) is 17.5. The molecule has 0 radical (unpaired) electrons. The minimum atomic E-state index is -0.210. The largest absolute Gasteiger partial charge is 0.409 e. The Hall–Kier alpha value is -1.99. The first-order valence-corrected chi connectivity index (χ1v) is 8.19. The van der Waals surface area contributed by atoms with E-state index in [1.165, 1.54) is 0 Å². The Kier molecular flexibility index (Phi) is 4.09. The number of benzene rings is 1. The number of H-pyrrole nitrogens is 1. The molecule has 1 amide bonds. The summed E-state index contributed by atoms with van der Waals surface area (Å²) in [6.45, 7) is 6.30. The molecule has 2 unspecified atom stereocenters. The lowest BCUT2D eigenvalue weighted by Crippen LogP contribution is -2.68. The SMILES string of the molecule is COC1(C)CC(NC(=O)c2ccc(-c3n[nH]c(=S)o3)cc2)C1(C)C. The third-order valence-corrected chi connectivity index (χ3v) is 5.59. The Morgan fingerprint density at radius 3 is 2.54 bits per heavy atom. The monoisotopic (exact) mass is 347 g/mol.